The van der Waals surface area contributed by atoms with E-state index in [9.17, 15) is 8.42 Å². The summed E-state index contributed by atoms with van der Waals surface area (Å²) in [6.45, 7) is 7.38. The molecule has 5 nitrogen and oxygen atoms in total. The van der Waals surface area contributed by atoms with Gasteiger partial charge in [0.2, 0.25) is 10.0 Å². The van der Waals surface area contributed by atoms with Crippen LogP contribution < -0.4 is 10.5 Å². The summed E-state index contributed by atoms with van der Waals surface area (Å²) in [5, 5.41) is 0. The van der Waals surface area contributed by atoms with Gasteiger partial charge in [0.1, 0.15) is 5.75 Å². The predicted octanol–water partition coefficient (Wildman–Crippen LogP) is 2.22. The van der Waals surface area contributed by atoms with Gasteiger partial charge in [0.05, 0.1) is 11.5 Å². The second-order valence-electron chi connectivity index (χ2n) is 5.17. The zero-order valence-corrected chi connectivity index (χ0v) is 13.9. The van der Waals surface area contributed by atoms with Crippen molar-refractivity contribution in [2.75, 3.05) is 19.7 Å². The molecule has 0 aromatic heterocycles. The van der Waals surface area contributed by atoms with Crippen LogP contribution in [0.3, 0.4) is 0 Å². The third-order valence-electron chi connectivity index (χ3n) is 3.07. The Hall–Kier alpha value is -1.11. The molecule has 0 bridgehead atoms. The Labute approximate surface area is 128 Å². The molecule has 6 heteroatoms. The quantitative estimate of drug-likeness (QED) is 0.709. The highest BCUT2D eigenvalue weighted by atomic mass is 32.2. The van der Waals surface area contributed by atoms with E-state index < -0.39 is 10.0 Å². The van der Waals surface area contributed by atoms with E-state index in [-0.39, 0.29) is 6.04 Å². The first-order valence-corrected chi connectivity index (χ1v) is 8.82. The minimum absolute atomic E-state index is 0.0598. The van der Waals surface area contributed by atoms with Gasteiger partial charge >= 0.3 is 0 Å². The molecule has 0 saturated carbocycles. The van der Waals surface area contributed by atoms with E-state index >= 15 is 0 Å². The molecule has 0 heterocycles. The molecule has 0 unspecified atom stereocenters. The third kappa shape index (κ3) is 4.98. The Morgan fingerprint density at radius 3 is 2.33 bits per heavy atom. The fourth-order valence-corrected chi connectivity index (χ4v) is 3.72. The summed E-state index contributed by atoms with van der Waals surface area (Å²) < 4.78 is 32.2. The van der Waals surface area contributed by atoms with Gasteiger partial charge < -0.3 is 10.5 Å². The summed E-state index contributed by atoms with van der Waals surface area (Å²) in [5.74, 6) is 0.661. The Morgan fingerprint density at radius 1 is 1.24 bits per heavy atom. The Morgan fingerprint density at radius 2 is 1.86 bits per heavy atom. The van der Waals surface area contributed by atoms with Crippen molar-refractivity contribution in [2.45, 2.75) is 44.6 Å². The summed E-state index contributed by atoms with van der Waals surface area (Å²) in [6.07, 6.45) is 1.56. The maximum Gasteiger partial charge on any atom is 0.243 e. The SMILES string of the molecule is CCCN(C(C)C)S(=O)(=O)c1ccc(OCCCN)cc1. The van der Waals surface area contributed by atoms with Crippen LogP contribution in [0.2, 0.25) is 0 Å². The van der Waals surface area contributed by atoms with Gasteiger partial charge in [-0.1, -0.05) is 6.92 Å². The average Bonchev–Trinajstić information content (AvgIpc) is 2.45. The van der Waals surface area contributed by atoms with Gasteiger partial charge in [-0.2, -0.15) is 4.31 Å². The number of rotatable bonds is 9. The first kappa shape index (κ1) is 17.9. The van der Waals surface area contributed by atoms with E-state index in [1.807, 2.05) is 20.8 Å². The molecule has 1 rings (SSSR count). The van der Waals surface area contributed by atoms with Crippen molar-refractivity contribution in [1.82, 2.24) is 4.31 Å². The lowest BCUT2D eigenvalue weighted by atomic mass is 10.3. The molecule has 21 heavy (non-hydrogen) atoms. The maximum atomic E-state index is 12.6. The molecule has 0 spiro atoms. The van der Waals surface area contributed by atoms with Crippen molar-refractivity contribution >= 4 is 10.0 Å². The highest BCUT2D eigenvalue weighted by Gasteiger charge is 2.25. The van der Waals surface area contributed by atoms with Crippen LogP contribution >= 0.6 is 0 Å². The van der Waals surface area contributed by atoms with E-state index in [0.29, 0.717) is 30.3 Å². The zero-order valence-electron chi connectivity index (χ0n) is 13.1. The Bertz CT molecular complexity index is 512. The van der Waals surface area contributed by atoms with Crippen molar-refractivity contribution in [1.29, 1.82) is 0 Å². The molecule has 0 aliphatic heterocycles. The lowest BCUT2D eigenvalue weighted by molar-refractivity contribution is 0.313. The van der Waals surface area contributed by atoms with Gasteiger partial charge in [-0.05, 0) is 57.5 Å². The largest absolute Gasteiger partial charge is 0.494 e. The molecule has 0 aliphatic rings. The molecular formula is C15H26N2O3S. The van der Waals surface area contributed by atoms with Crippen molar-refractivity contribution in [3.63, 3.8) is 0 Å². The number of nitrogens with two attached hydrogens (primary N) is 1. The molecule has 0 saturated heterocycles. The second-order valence-corrected chi connectivity index (χ2v) is 7.06. The molecular weight excluding hydrogens is 288 g/mol. The molecule has 2 N–H and O–H groups in total. The Balaban J connectivity index is 2.88. The Kier molecular flexibility index (Phi) is 7.14. The fraction of sp³-hybridized carbons (Fsp3) is 0.600. The summed E-state index contributed by atoms with van der Waals surface area (Å²) in [4.78, 5) is 0.302. The van der Waals surface area contributed by atoms with Gasteiger partial charge in [0.25, 0.3) is 0 Å². The maximum absolute atomic E-state index is 12.6. The summed E-state index contributed by atoms with van der Waals surface area (Å²) in [7, 11) is -3.45. The van der Waals surface area contributed by atoms with Crippen molar-refractivity contribution in [3.8, 4) is 5.75 Å². The van der Waals surface area contributed by atoms with Gasteiger partial charge in [-0.3, -0.25) is 0 Å². The summed E-state index contributed by atoms with van der Waals surface area (Å²) in [6, 6.07) is 6.51. The van der Waals surface area contributed by atoms with Crippen molar-refractivity contribution < 1.29 is 13.2 Å². The highest BCUT2D eigenvalue weighted by Crippen LogP contribution is 2.21. The second kappa shape index (κ2) is 8.36. The first-order valence-electron chi connectivity index (χ1n) is 7.38. The van der Waals surface area contributed by atoms with E-state index in [1.165, 1.54) is 4.31 Å². The number of hydrogen-bond donors (Lipinski definition) is 1. The number of ether oxygens (including phenoxy) is 1. The third-order valence-corrected chi connectivity index (χ3v) is 5.16. The number of benzene rings is 1. The first-order chi connectivity index (χ1) is 9.93. The van der Waals surface area contributed by atoms with E-state index in [2.05, 4.69) is 0 Å². The van der Waals surface area contributed by atoms with Gasteiger partial charge in [0, 0.05) is 12.6 Å². The van der Waals surface area contributed by atoms with Gasteiger partial charge in [-0.15, -0.1) is 0 Å². The van der Waals surface area contributed by atoms with Crippen LogP contribution in [0.15, 0.2) is 29.2 Å². The summed E-state index contributed by atoms with van der Waals surface area (Å²) in [5.41, 5.74) is 5.40. The lowest BCUT2D eigenvalue weighted by Crippen LogP contribution is -2.37. The molecule has 0 fully saturated rings. The van der Waals surface area contributed by atoms with Crippen LogP contribution in [0.4, 0.5) is 0 Å². The normalized spacial score (nSPS) is 12.1. The zero-order chi connectivity index (χ0) is 15.9. The topological polar surface area (TPSA) is 72.6 Å². The van der Waals surface area contributed by atoms with Crippen LogP contribution in [0.25, 0.3) is 0 Å². The highest BCUT2D eigenvalue weighted by molar-refractivity contribution is 7.89. The van der Waals surface area contributed by atoms with Crippen LogP contribution in [-0.4, -0.2) is 38.5 Å². The minimum atomic E-state index is -3.45. The van der Waals surface area contributed by atoms with Crippen LogP contribution in [0.1, 0.15) is 33.6 Å². The van der Waals surface area contributed by atoms with Crippen LogP contribution in [0, 0.1) is 0 Å². The minimum Gasteiger partial charge on any atom is -0.494 e. The molecule has 1 aromatic carbocycles. The smallest absolute Gasteiger partial charge is 0.243 e. The predicted molar refractivity (Wildman–Crippen MR) is 84.9 cm³/mol. The van der Waals surface area contributed by atoms with Crippen molar-refractivity contribution in [3.05, 3.63) is 24.3 Å². The van der Waals surface area contributed by atoms with Gasteiger partial charge in [-0.25, -0.2) is 8.42 Å². The molecule has 0 amide bonds. The van der Waals surface area contributed by atoms with E-state index in [1.54, 1.807) is 24.3 Å². The van der Waals surface area contributed by atoms with Crippen LogP contribution in [-0.2, 0) is 10.0 Å². The number of hydrogen-bond acceptors (Lipinski definition) is 4. The lowest BCUT2D eigenvalue weighted by Gasteiger charge is -2.25. The van der Waals surface area contributed by atoms with Crippen molar-refractivity contribution in [2.24, 2.45) is 5.73 Å². The van der Waals surface area contributed by atoms with E-state index in [0.717, 1.165) is 12.8 Å². The molecule has 120 valence electrons. The average molecular weight is 314 g/mol. The summed E-state index contributed by atoms with van der Waals surface area (Å²) >= 11 is 0. The number of nitrogens with zero attached hydrogens (tertiary/aromatic N) is 1. The molecule has 0 radical (unpaired) electrons. The molecule has 0 atom stereocenters. The number of sulfonamides is 1. The fourth-order valence-electron chi connectivity index (χ4n) is 1.99. The molecule has 1 aromatic rings. The monoisotopic (exact) mass is 314 g/mol. The standard InChI is InChI=1S/C15H26N2O3S/c1-4-11-17(13(2)3)21(18,19)15-8-6-14(7-9-15)20-12-5-10-16/h6-9,13H,4-5,10-12,16H2,1-3H3. The molecule has 0 aliphatic carbocycles. The van der Waals surface area contributed by atoms with Crippen LogP contribution in [0.5, 0.6) is 5.75 Å². The van der Waals surface area contributed by atoms with E-state index in [4.69, 9.17) is 10.5 Å². The van der Waals surface area contributed by atoms with Gasteiger partial charge in [0.15, 0.2) is 0 Å².